The summed E-state index contributed by atoms with van der Waals surface area (Å²) in [7, 11) is 1.63. The second kappa shape index (κ2) is 10.9. The Hall–Kier alpha value is -3.00. The zero-order valence-electron chi connectivity index (χ0n) is 20.4. The van der Waals surface area contributed by atoms with Gasteiger partial charge in [-0.3, -0.25) is 9.36 Å². The van der Waals surface area contributed by atoms with Crippen molar-refractivity contribution in [3.05, 3.63) is 82.3 Å². The smallest absolute Gasteiger partial charge is 0.234 e. The summed E-state index contributed by atoms with van der Waals surface area (Å²) >= 11 is 13.5. The van der Waals surface area contributed by atoms with E-state index < -0.39 is 0 Å². The van der Waals surface area contributed by atoms with Crippen LogP contribution in [0, 0.1) is 0 Å². The van der Waals surface area contributed by atoms with E-state index in [1.165, 1.54) is 17.3 Å². The number of hydrogen-bond donors (Lipinski definition) is 1. The number of carbonyl (C=O) groups is 1. The summed E-state index contributed by atoms with van der Waals surface area (Å²) < 4.78 is 7.25. The lowest BCUT2D eigenvalue weighted by atomic mass is 9.87. The summed E-state index contributed by atoms with van der Waals surface area (Å²) in [5.41, 5.74) is 3.52. The third kappa shape index (κ3) is 6.03. The molecule has 0 bridgehead atoms. The molecule has 1 heterocycles. The van der Waals surface area contributed by atoms with E-state index in [0.29, 0.717) is 26.7 Å². The van der Waals surface area contributed by atoms with Gasteiger partial charge in [-0.2, -0.15) is 0 Å². The second-order valence-electron chi connectivity index (χ2n) is 9.13. The molecule has 1 N–H and O–H groups in total. The molecule has 1 amide bonds. The van der Waals surface area contributed by atoms with Gasteiger partial charge in [-0.1, -0.05) is 80.0 Å². The first-order valence-corrected chi connectivity index (χ1v) is 13.0. The van der Waals surface area contributed by atoms with Gasteiger partial charge < -0.3 is 10.1 Å². The Morgan fingerprint density at radius 2 is 1.69 bits per heavy atom. The van der Waals surface area contributed by atoms with E-state index >= 15 is 0 Å². The van der Waals surface area contributed by atoms with Crippen LogP contribution >= 0.6 is 35.0 Å². The number of rotatable bonds is 7. The maximum atomic E-state index is 12.7. The highest BCUT2D eigenvalue weighted by molar-refractivity contribution is 7.99. The summed E-state index contributed by atoms with van der Waals surface area (Å²) in [6, 6.07) is 20.9. The van der Waals surface area contributed by atoms with E-state index in [0.717, 1.165) is 17.0 Å². The number of aromatic nitrogens is 3. The molecule has 0 saturated heterocycles. The van der Waals surface area contributed by atoms with Crippen molar-refractivity contribution >= 4 is 46.6 Å². The largest absolute Gasteiger partial charge is 0.497 e. The molecule has 6 nitrogen and oxygen atoms in total. The summed E-state index contributed by atoms with van der Waals surface area (Å²) in [6.07, 6.45) is 0. The Morgan fingerprint density at radius 1 is 1.00 bits per heavy atom. The van der Waals surface area contributed by atoms with Crippen LogP contribution in [0.5, 0.6) is 5.75 Å². The number of amides is 1. The highest BCUT2D eigenvalue weighted by Crippen LogP contribution is 2.31. The van der Waals surface area contributed by atoms with Gasteiger partial charge in [0, 0.05) is 16.3 Å². The minimum atomic E-state index is -0.232. The van der Waals surface area contributed by atoms with Crippen LogP contribution < -0.4 is 10.1 Å². The Kier molecular flexibility index (Phi) is 7.93. The van der Waals surface area contributed by atoms with Gasteiger partial charge in [-0.25, -0.2) is 0 Å². The van der Waals surface area contributed by atoms with Crippen molar-refractivity contribution in [1.82, 2.24) is 14.8 Å². The van der Waals surface area contributed by atoms with Crippen molar-refractivity contribution in [3.8, 4) is 22.8 Å². The van der Waals surface area contributed by atoms with E-state index in [4.69, 9.17) is 27.9 Å². The van der Waals surface area contributed by atoms with Crippen LogP contribution in [0.3, 0.4) is 0 Å². The number of hydrogen-bond acceptors (Lipinski definition) is 5. The second-order valence-corrected chi connectivity index (χ2v) is 10.9. The molecular weight excluding hydrogens is 515 g/mol. The normalized spacial score (nSPS) is 11.4. The number of nitrogens with zero attached hydrogens (tertiary/aromatic N) is 3. The van der Waals surface area contributed by atoms with Crippen molar-refractivity contribution < 1.29 is 9.53 Å². The van der Waals surface area contributed by atoms with Crippen molar-refractivity contribution in [3.63, 3.8) is 0 Å². The molecule has 9 heteroatoms. The molecule has 1 aromatic heterocycles. The van der Waals surface area contributed by atoms with E-state index in [9.17, 15) is 4.79 Å². The van der Waals surface area contributed by atoms with Crippen LogP contribution in [0.4, 0.5) is 5.69 Å². The number of ether oxygens (including phenoxy) is 1. The van der Waals surface area contributed by atoms with Crippen LogP contribution in [0.25, 0.3) is 17.1 Å². The fourth-order valence-electron chi connectivity index (χ4n) is 3.54. The summed E-state index contributed by atoms with van der Waals surface area (Å²) in [5.74, 6) is 1.31. The first kappa shape index (κ1) is 26.1. The Balaban J connectivity index is 1.63. The minimum Gasteiger partial charge on any atom is -0.497 e. The SMILES string of the molecule is COc1ccc(-n2c(SCC(=O)Nc3cc(Cl)ccc3Cl)nnc2-c2ccc(C(C)(C)C)cc2)cc1. The molecule has 0 saturated carbocycles. The van der Waals surface area contributed by atoms with Gasteiger partial charge >= 0.3 is 0 Å². The fourth-order valence-corrected chi connectivity index (χ4v) is 4.63. The van der Waals surface area contributed by atoms with Gasteiger partial charge in [0.2, 0.25) is 5.91 Å². The topological polar surface area (TPSA) is 69.0 Å². The molecule has 0 fully saturated rings. The highest BCUT2D eigenvalue weighted by atomic mass is 35.5. The lowest BCUT2D eigenvalue weighted by Gasteiger charge is -2.19. The summed E-state index contributed by atoms with van der Waals surface area (Å²) in [6.45, 7) is 6.54. The third-order valence-corrected chi connectivity index (χ3v) is 7.00. The molecule has 0 atom stereocenters. The average Bonchev–Trinajstić information content (AvgIpc) is 3.28. The fraction of sp³-hybridized carbons (Fsp3) is 0.222. The highest BCUT2D eigenvalue weighted by Gasteiger charge is 2.19. The maximum absolute atomic E-state index is 12.7. The number of nitrogens with one attached hydrogen (secondary N) is 1. The zero-order valence-corrected chi connectivity index (χ0v) is 22.7. The maximum Gasteiger partial charge on any atom is 0.234 e. The molecule has 0 radical (unpaired) electrons. The van der Waals surface area contributed by atoms with Gasteiger partial charge in [-0.05, 0) is 53.4 Å². The first-order chi connectivity index (χ1) is 17.2. The van der Waals surface area contributed by atoms with Crippen molar-refractivity contribution in [1.29, 1.82) is 0 Å². The van der Waals surface area contributed by atoms with Crippen LogP contribution in [0.2, 0.25) is 10.0 Å². The molecular formula is C27H26Cl2N4O2S. The van der Waals surface area contributed by atoms with Gasteiger partial charge in [0.15, 0.2) is 11.0 Å². The third-order valence-electron chi connectivity index (χ3n) is 5.51. The van der Waals surface area contributed by atoms with Crippen LogP contribution in [-0.4, -0.2) is 33.5 Å². The van der Waals surface area contributed by atoms with Crippen LogP contribution in [0.15, 0.2) is 71.9 Å². The first-order valence-electron chi connectivity index (χ1n) is 11.2. The average molecular weight is 542 g/mol. The number of benzene rings is 3. The van der Waals surface area contributed by atoms with E-state index in [-0.39, 0.29) is 17.1 Å². The summed E-state index contributed by atoms with van der Waals surface area (Å²) in [5, 5.41) is 13.2. The predicted octanol–water partition coefficient (Wildman–Crippen LogP) is 7.28. The van der Waals surface area contributed by atoms with Crippen molar-refractivity contribution in [2.24, 2.45) is 0 Å². The standard InChI is InChI=1S/C27H26Cl2N4O2S/c1-27(2,3)18-7-5-17(6-8-18)25-31-32-26(33(25)20-10-12-21(35-4)13-11-20)36-16-24(34)30-23-15-19(28)9-14-22(23)29/h5-15H,16H2,1-4H3,(H,30,34). The molecule has 36 heavy (non-hydrogen) atoms. The molecule has 0 unspecified atom stereocenters. The number of anilines is 1. The number of thioether (sulfide) groups is 1. The van der Waals surface area contributed by atoms with E-state index in [1.54, 1.807) is 25.3 Å². The zero-order chi connectivity index (χ0) is 25.9. The molecule has 0 aliphatic rings. The molecule has 0 aliphatic carbocycles. The van der Waals surface area contributed by atoms with Crippen molar-refractivity contribution in [2.75, 3.05) is 18.2 Å². The predicted molar refractivity (Wildman–Crippen MR) is 148 cm³/mol. The summed E-state index contributed by atoms with van der Waals surface area (Å²) in [4.78, 5) is 12.7. The monoisotopic (exact) mass is 540 g/mol. The lowest BCUT2D eigenvalue weighted by Crippen LogP contribution is -2.15. The lowest BCUT2D eigenvalue weighted by molar-refractivity contribution is -0.113. The van der Waals surface area contributed by atoms with Crippen LogP contribution in [0.1, 0.15) is 26.3 Å². The van der Waals surface area contributed by atoms with Gasteiger partial charge in [0.1, 0.15) is 5.75 Å². The molecule has 0 spiro atoms. The Morgan fingerprint density at radius 3 is 2.33 bits per heavy atom. The Bertz CT molecular complexity index is 1360. The van der Waals surface area contributed by atoms with E-state index in [2.05, 4.69) is 48.4 Å². The molecule has 4 aromatic rings. The van der Waals surface area contributed by atoms with Gasteiger partial charge in [-0.15, -0.1) is 10.2 Å². The number of halogens is 2. The van der Waals surface area contributed by atoms with Gasteiger partial charge in [0.05, 0.1) is 23.6 Å². The Labute approximate surface area is 225 Å². The molecule has 0 aliphatic heterocycles. The van der Waals surface area contributed by atoms with E-state index in [1.807, 2.05) is 41.0 Å². The van der Waals surface area contributed by atoms with Gasteiger partial charge in [0.25, 0.3) is 0 Å². The molecule has 3 aromatic carbocycles. The minimum absolute atomic E-state index is 0.0441. The van der Waals surface area contributed by atoms with Crippen LogP contribution in [-0.2, 0) is 10.2 Å². The molecule has 4 rings (SSSR count). The quantitative estimate of drug-likeness (QED) is 0.249. The molecule has 186 valence electrons. The number of methoxy groups -OCH3 is 1. The number of carbonyl (C=O) groups excluding carboxylic acids is 1. The van der Waals surface area contributed by atoms with Crippen molar-refractivity contribution in [2.45, 2.75) is 31.3 Å².